The van der Waals surface area contributed by atoms with E-state index in [1.54, 1.807) is 24.4 Å². The van der Waals surface area contributed by atoms with Crippen LogP contribution in [0.4, 0.5) is 15.8 Å². The van der Waals surface area contributed by atoms with Crippen molar-refractivity contribution in [3.05, 3.63) is 54.1 Å². The molecule has 0 aliphatic carbocycles. The molecular weight excluding hydrogens is 257 g/mol. The molecule has 4 nitrogen and oxygen atoms in total. The van der Waals surface area contributed by atoms with Crippen molar-refractivity contribution in [1.29, 1.82) is 0 Å². The van der Waals surface area contributed by atoms with Crippen molar-refractivity contribution >= 4 is 17.3 Å². The summed E-state index contributed by atoms with van der Waals surface area (Å²) in [6, 6.07) is 9.17. The lowest BCUT2D eigenvalue weighted by Gasteiger charge is -2.06. The third-order valence-corrected chi connectivity index (χ3v) is 2.66. The lowest BCUT2D eigenvalue weighted by Crippen LogP contribution is -2.13. The van der Waals surface area contributed by atoms with Gasteiger partial charge in [0.15, 0.2) is 0 Å². The molecule has 0 spiro atoms. The summed E-state index contributed by atoms with van der Waals surface area (Å²) in [4.78, 5) is 16.0. The lowest BCUT2D eigenvalue weighted by molar-refractivity contribution is 0.102. The van der Waals surface area contributed by atoms with Crippen molar-refractivity contribution < 1.29 is 9.18 Å². The molecule has 0 atom stereocenters. The number of carbonyl (C=O) groups is 1. The second-order valence-corrected chi connectivity index (χ2v) is 4.32. The Hall–Kier alpha value is -2.43. The molecule has 2 aromatic rings. The van der Waals surface area contributed by atoms with E-state index in [1.165, 1.54) is 18.2 Å². The van der Waals surface area contributed by atoms with Gasteiger partial charge < -0.3 is 10.6 Å². The summed E-state index contributed by atoms with van der Waals surface area (Å²) in [5, 5.41) is 5.77. The minimum Gasteiger partial charge on any atom is -0.384 e. The maximum absolute atomic E-state index is 13.0. The first kappa shape index (κ1) is 14.0. The molecular formula is C15H16FN3O. The number of pyridine rings is 1. The summed E-state index contributed by atoms with van der Waals surface area (Å²) in [6.07, 6.45) is 2.62. The summed E-state index contributed by atoms with van der Waals surface area (Å²) in [6.45, 7) is 2.93. The van der Waals surface area contributed by atoms with Gasteiger partial charge in [-0.15, -0.1) is 0 Å². The van der Waals surface area contributed by atoms with Crippen molar-refractivity contribution in [3.63, 3.8) is 0 Å². The number of benzene rings is 1. The molecule has 0 fully saturated rings. The zero-order valence-electron chi connectivity index (χ0n) is 11.2. The molecule has 0 aliphatic heterocycles. The molecule has 0 radical (unpaired) electrons. The van der Waals surface area contributed by atoms with Crippen LogP contribution in [0.25, 0.3) is 0 Å². The van der Waals surface area contributed by atoms with Gasteiger partial charge in [-0.3, -0.25) is 4.79 Å². The molecule has 2 rings (SSSR count). The monoisotopic (exact) mass is 273 g/mol. The topological polar surface area (TPSA) is 54.0 Å². The van der Waals surface area contributed by atoms with E-state index >= 15 is 0 Å². The molecule has 1 aromatic carbocycles. The van der Waals surface area contributed by atoms with Gasteiger partial charge in [0, 0.05) is 12.2 Å². The van der Waals surface area contributed by atoms with E-state index in [2.05, 4.69) is 22.5 Å². The fraction of sp³-hybridized carbons (Fsp3) is 0.200. The number of hydrogen-bond acceptors (Lipinski definition) is 3. The Labute approximate surface area is 117 Å². The van der Waals surface area contributed by atoms with Gasteiger partial charge in [-0.25, -0.2) is 9.37 Å². The van der Waals surface area contributed by atoms with Gasteiger partial charge in [0.2, 0.25) is 0 Å². The van der Waals surface area contributed by atoms with Crippen molar-refractivity contribution in [2.24, 2.45) is 0 Å². The molecule has 104 valence electrons. The van der Waals surface area contributed by atoms with Crippen LogP contribution in [0.3, 0.4) is 0 Å². The SMILES string of the molecule is CCCNc1ccc(C(=O)Nc2cccc(F)c2)nc1. The van der Waals surface area contributed by atoms with Gasteiger partial charge in [0.1, 0.15) is 11.5 Å². The highest BCUT2D eigenvalue weighted by Gasteiger charge is 2.07. The lowest BCUT2D eigenvalue weighted by atomic mass is 10.2. The summed E-state index contributed by atoms with van der Waals surface area (Å²) in [7, 11) is 0. The van der Waals surface area contributed by atoms with Gasteiger partial charge >= 0.3 is 0 Å². The molecule has 0 unspecified atom stereocenters. The van der Waals surface area contributed by atoms with E-state index < -0.39 is 5.82 Å². The number of nitrogens with one attached hydrogen (secondary N) is 2. The molecule has 0 saturated heterocycles. The largest absolute Gasteiger partial charge is 0.384 e. The van der Waals surface area contributed by atoms with Gasteiger partial charge in [-0.1, -0.05) is 13.0 Å². The fourth-order valence-corrected chi connectivity index (χ4v) is 1.66. The molecule has 5 heteroatoms. The van der Waals surface area contributed by atoms with Crippen molar-refractivity contribution in [1.82, 2.24) is 4.98 Å². The summed E-state index contributed by atoms with van der Waals surface area (Å²) in [5.74, 6) is -0.757. The van der Waals surface area contributed by atoms with Crippen LogP contribution in [-0.2, 0) is 0 Å². The highest BCUT2D eigenvalue weighted by molar-refractivity contribution is 6.02. The number of nitrogens with zero attached hydrogens (tertiary/aromatic N) is 1. The molecule has 0 bridgehead atoms. The first-order valence-electron chi connectivity index (χ1n) is 6.46. The number of rotatable bonds is 5. The number of anilines is 2. The van der Waals surface area contributed by atoms with E-state index in [4.69, 9.17) is 0 Å². The van der Waals surface area contributed by atoms with Gasteiger partial charge in [0.25, 0.3) is 5.91 Å². The van der Waals surface area contributed by atoms with E-state index in [-0.39, 0.29) is 11.6 Å². The number of amides is 1. The van der Waals surface area contributed by atoms with E-state index in [0.29, 0.717) is 5.69 Å². The molecule has 0 saturated carbocycles. The normalized spacial score (nSPS) is 10.1. The number of hydrogen-bond donors (Lipinski definition) is 2. The van der Waals surface area contributed by atoms with Crippen LogP contribution in [0.5, 0.6) is 0 Å². The molecule has 1 amide bonds. The van der Waals surface area contributed by atoms with Crippen molar-refractivity contribution in [2.75, 3.05) is 17.2 Å². The average Bonchev–Trinajstić information content (AvgIpc) is 2.45. The maximum atomic E-state index is 13.0. The smallest absolute Gasteiger partial charge is 0.274 e. The van der Waals surface area contributed by atoms with Crippen LogP contribution in [0.1, 0.15) is 23.8 Å². The summed E-state index contributed by atoms with van der Waals surface area (Å²) in [5.41, 5.74) is 1.57. The Kier molecular flexibility index (Phi) is 4.65. The standard InChI is InChI=1S/C15H16FN3O/c1-2-8-17-13-6-7-14(18-10-13)15(20)19-12-5-3-4-11(16)9-12/h3-7,9-10,17H,2,8H2,1H3,(H,19,20). The van der Waals surface area contributed by atoms with Gasteiger partial charge in [-0.05, 0) is 36.8 Å². The second kappa shape index (κ2) is 6.65. The summed E-state index contributed by atoms with van der Waals surface area (Å²) >= 11 is 0. The van der Waals surface area contributed by atoms with Crippen LogP contribution in [0.2, 0.25) is 0 Å². The van der Waals surface area contributed by atoms with Crippen LogP contribution < -0.4 is 10.6 Å². The average molecular weight is 273 g/mol. The van der Waals surface area contributed by atoms with Crippen LogP contribution in [0.15, 0.2) is 42.6 Å². The van der Waals surface area contributed by atoms with Crippen LogP contribution >= 0.6 is 0 Å². The third kappa shape index (κ3) is 3.78. The minimum atomic E-state index is -0.394. The molecule has 2 N–H and O–H groups in total. The van der Waals surface area contributed by atoms with E-state index in [9.17, 15) is 9.18 Å². The Morgan fingerprint density at radius 2 is 2.10 bits per heavy atom. The zero-order chi connectivity index (χ0) is 14.4. The molecule has 1 aromatic heterocycles. The van der Waals surface area contributed by atoms with E-state index in [0.717, 1.165) is 18.7 Å². The quantitative estimate of drug-likeness (QED) is 0.879. The highest BCUT2D eigenvalue weighted by atomic mass is 19.1. The fourth-order valence-electron chi connectivity index (χ4n) is 1.66. The Balaban J connectivity index is 2.02. The summed E-state index contributed by atoms with van der Waals surface area (Å²) < 4.78 is 13.0. The highest BCUT2D eigenvalue weighted by Crippen LogP contribution is 2.11. The maximum Gasteiger partial charge on any atom is 0.274 e. The first-order chi connectivity index (χ1) is 9.69. The van der Waals surface area contributed by atoms with Gasteiger partial charge in [0.05, 0.1) is 11.9 Å². The zero-order valence-corrected chi connectivity index (χ0v) is 11.2. The van der Waals surface area contributed by atoms with Crippen molar-refractivity contribution in [3.8, 4) is 0 Å². The predicted molar refractivity (Wildman–Crippen MR) is 77.4 cm³/mol. The Bertz CT molecular complexity index is 584. The third-order valence-electron chi connectivity index (χ3n) is 2.66. The minimum absolute atomic E-state index is 0.288. The number of halogens is 1. The van der Waals surface area contributed by atoms with Crippen molar-refractivity contribution in [2.45, 2.75) is 13.3 Å². The Morgan fingerprint density at radius 3 is 2.75 bits per heavy atom. The van der Waals surface area contributed by atoms with E-state index in [1.807, 2.05) is 0 Å². The number of aromatic nitrogens is 1. The molecule has 1 heterocycles. The van der Waals surface area contributed by atoms with Crippen LogP contribution in [0, 0.1) is 5.82 Å². The van der Waals surface area contributed by atoms with Crippen LogP contribution in [-0.4, -0.2) is 17.4 Å². The molecule has 20 heavy (non-hydrogen) atoms. The molecule has 0 aliphatic rings. The second-order valence-electron chi connectivity index (χ2n) is 4.32. The number of carbonyl (C=O) groups excluding carboxylic acids is 1. The first-order valence-corrected chi connectivity index (χ1v) is 6.46. The Morgan fingerprint density at radius 1 is 1.25 bits per heavy atom. The van der Waals surface area contributed by atoms with Gasteiger partial charge in [-0.2, -0.15) is 0 Å². The predicted octanol–water partition coefficient (Wildman–Crippen LogP) is 3.29.